The Hall–Kier alpha value is -2.17. The summed E-state index contributed by atoms with van der Waals surface area (Å²) in [7, 11) is 0. The molecule has 0 radical (unpaired) electrons. The molecule has 0 aliphatic carbocycles. The van der Waals surface area contributed by atoms with Gasteiger partial charge in [-0.1, -0.05) is 6.07 Å². The maximum absolute atomic E-state index is 5.34. The minimum Gasteiger partial charge on any atom is -0.478 e. The molecule has 2 aromatic rings. The molecule has 0 atom stereocenters. The lowest BCUT2D eigenvalue weighted by atomic mass is 10.4. The van der Waals surface area contributed by atoms with Crippen molar-refractivity contribution in [2.75, 3.05) is 11.9 Å². The molecule has 0 saturated heterocycles. The lowest BCUT2D eigenvalue weighted by molar-refractivity contribution is 0.327. The number of aromatic nitrogens is 3. The SMILES string of the molecule is CCOc1cccc(NCc2cnc(C)cn2)n1. The van der Waals surface area contributed by atoms with E-state index in [1.165, 1.54) is 0 Å². The average Bonchev–Trinajstić information content (AvgIpc) is 2.39. The quantitative estimate of drug-likeness (QED) is 0.873. The van der Waals surface area contributed by atoms with Gasteiger partial charge in [0.2, 0.25) is 5.88 Å². The number of anilines is 1. The number of pyridine rings is 1. The van der Waals surface area contributed by atoms with Crippen molar-refractivity contribution in [2.24, 2.45) is 0 Å². The Labute approximate surface area is 106 Å². The van der Waals surface area contributed by atoms with Gasteiger partial charge >= 0.3 is 0 Å². The molecule has 0 saturated carbocycles. The first-order valence-electron chi connectivity index (χ1n) is 5.89. The standard InChI is InChI=1S/C13H16N4O/c1-3-18-13-6-4-5-12(17-13)16-9-11-8-14-10(2)7-15-11/h4-8H,3,9H2,1-2H3,(H,16,17). The lowest BCUT2D eigenvalue weighted by Crippen LogP contribution is -2.04. The van der Waals surface area contributed by atoms with Gasteiger partial charge in [-0.15, -0.1) is 0 Å². The van der Waals surface area contributed by atoms with Gasteiger partial charge in [-0.2, -0.15) is 4.98 Å². The third-order valence-electron chi connectivity index (χ3n) is 2.30. The van der Waals surface area contributed by atoms with Gasteiger partial charge in [-0.05, 0) is 19.9 Å². The van der Waals surface area contributed by atoms with Crippen LogP contribution in [0.3, 0.4) is 0 Å². The number of aryl methyl sites for hydroxylation is 1. The second kappa shape index (κ2) is 5.95. The monoisotopic (exact) mass is 244 g/mol. The third-order valence-corrected chi connectivity index (χ3v) is 2.30. The molecule has 0 unspecified atom stereocenters. The fourth-order valence-electron chi connectivity index (χ4n) is 1.43. The van der Waals surface area contributed by atoms with Crippen LogP contribution in [0.15, 0.2) is 30.6 Å². The summed E-state index contributed by atoms with van der Waals surface area (Å²) in [5, 5.41) is 3.19. The van der Waals surface area contributed by atoms with Gasteiger partial charge in [0.05, 0.1) is 30.7 Å². The highest BCUT2D eigenvalue weighted by Crippen LogP contribution is 2.11. The topological polar surface area (TPSA) is 59.9 Å². The summed E-state index contributed by atoms with van der Waals surface area (Å²) in [6.45, 7) is 5.05. The van der Waals surface area contributed by atoms with Crippen molar-refractivity contribution >= 4 is 5.82 Å². The summed E-state index contributed by atoms with van der Waals surface area (Å²) in [5.74, 6) is 1.39. The Morgan fingerprint density at radius 2 is 2.11 bits per heavy atom. The van der Waals surface area contributed by atoms with Gasteiger partial charge in [0.25, 0.3) is 0 Å². The van der Waals surface area contributed by atoms with Gasteiger partial charge in [-0.25, -0.2) is 0 Å². The van der Waals surface area contributed by atoms with Crippen LogP contribution < -0.4 is 10.1 Å². The summed E-state index contributed by atoms with van der Waals surface area (Å²) in [5.41, 5.74) is 1.79. The van der Waals surface area contributed by atoms with E-state index >= 15 is 0 Å². The number of hydrogen-bond donors (Lipinski definition) is 1. The fourth-order valence-corrected chi connectivity index (χ4v) is 1.43. The molecule has 0 aliphatic heterocycles. The number of ether oxygens (including phenoxy) is 1. The van der Waals surface area contributed by atoms with E-state index in [0.29, 0.717) is 19.0 Å². The van der Waals surface area contributed by atoms with Crippen LogP contribution in [0, 0.1) is 6.92 Å². The van der Waals surface area contributed by atoms with Gasteiger partial charge in [-0.3, -0.25) is 9.97 Å². The minimum atomic E-state index is 0.593. The smallest absolute Gasteiger partial charge is 0.215 e. The van der Waals surface area contributed by atoms with Gasteiger partial charge in [0, 0.05) is 12.3 Å². The first-order chi connectivity index (χ1) is 8.78. The molecule has 5 heteroatoms. The summed E-state index contributed by atoms with van der Waals surface area (Å²) < 4.78 is 5.34. The van der Waals surface area contributed by atoms with Crippen LogP contribution in [0.1, 0.15) is 18.3 Å². The average molecular weight is 244 g/mol. The number of hydrogen-bond acceptors (Lipinski definition) is 5. The highest BCUT2D eigenvalue weighted by Gasteiger charge is 1.99. The Morgan fingerprint density at radius 1 is 1.22 bits per heavy atom. The second-order valence-electron chi connectivity index (χ2n) is 3.80. The predicted molar refractivity (Wildman–Crippen MR) is 69.5 cm³/mol. The van der Waals surface area contributed by atoms with Gasteiger partial charge < -0.3 is 10.1 Å². The lowest BCUT2D eigenvalue weighted by Gasteiger charge is -2.07. The summed E-state index contributed by atoms with van der Waals surface area (Å²) in [4.78, 5) is 12.8. The minimum absolute atomic E-state index is 0.593. The van der Waals surface area contributed by atoms with E-state index in [1.807, 2.05) is 32.0 Å². The summed E-state index contributed by atoms with van der Waals surface area (Å²) in [6.07, 6.45) is 3.51. The maximum Gasteiger partial charge on any atom is 0.215 e. The number of rotatable bonds is 5. The van der Waals surface area contributed by atoms with Crippen LogP contribution >= 0.6 is 0 Å². The predicted octanol–water partition coefficient (Wildman–Crippen LogP) is 2.19. The van der Waals surface area contributed by atoms with Crippen LogP contribution in [0.5, 0.6) is 5.88 Å². The summed E-state index contributed by atoms with van der Waals surface area (Å²) in [6, 6.07) is 5.63. The highest BCUT2D eigenvalue weighted by molar-refractivity contribution is 5.37. The molecule has 1 N–H and O–H groups in total. The van der Waals surface area contributed by atoms with E-state index < -0.39 is 0 Å². The van der Waals surface area contributed by atoms with Crippen molar-refractivity contribution in [3.8, 4) is 5.88 Å². The van der Waals surface area contributed by atoms with E-state index in [0.717, 1.165) is 17.2 Å². The zero-order valence-electron chi connectivity index (χ0n) is 10.6. The maximum atomic E-state index is 5.34. The Morgan fingerprint density at radius 3 is 2.83 bits per heavy atom. The highest BCUT2D eigenvalue weighted by atomic mass is 16.5. The molecule has 18 heavy (non-hydrogen) atoms. The fraction of sp³-hybridized carbons (Fsp3) is 0.308. The molecule has 94 valence electrons. The summed E-state index contributed by atoms with van der Waals surface area (Å²) >= 11 is 0. The van der Waals surface area contributed by atoms with E-state index in [-0.39, 0.29) is 0 Å². The van der Waals surface area contributed by atoms with E-state index in [9.17, 15) is 0 Å². The molecule has 5 nitrogen and oxygen atoms in total. The Kier molecular flexibility index (Phi) is 4.06. The Balaban J connectivity index is 1.97. The zero-order chi connectivity index (χ0) is 12.8. The van der Waals surface area contributed by atoms with Gasteiger partial charge in [0.15, 0.2) is 0 Å². The number of nitrogens with one attached hydrogen (secondary N) is 1. The molecular weight excluding hydrogens is 228 g/mol. The first kappa shape index (κ1) is 12.3. The van der Waals surface area contributed by atoms with Crippen molar-refractivity contribution < 1.29 is 4.74 Å². The van der Waals surface area contributed by atoms with E-state index in [2.05, 4.69) is 20.3 Å². The van der Waals surface area contributed by atoms with Crippen LogP contribution in [0.4, 0.5) is 5.82 Å². The van der Waals surface area contributed by atoms with E-state index in [4.69, 9.17) is 4.74 Å². The van der Waals surface area contributed by atoms with Crippen LogP contribution in [0.25, 0.3) is 0 Å². The molecule has 0 spiro atoms. The van der Waals surface area contributed by atoms with Crippen LogP contribution in [0.2, 0.25) is 0 Å². The molecule has 2 heterocycles. The van der Waals surface area contributed by atoms with E-state index in [1.54, 1.807) is 12.4 Å². The van der Waals surface area contributed by atoms with Crippen molar-refractivity contribution in [3.05, 3.63) is 42.0 Å². The molecule has 0 aromatic carbocycles. The molecule has 0 aliphatic rings. The normalized spacial score (nSPS) is 10.1. The van der Waals surface area contributed by atoms with Crippen molar-refractivity contribution in [1.29, 1.82) is 0 Å². The molecule has 0 fully saturated rings. The first-order valence-corrected chi connectivity index (χ1v) is 5.89. The van der Waals surface area contributed by atoms with Crippen LogP contribution in [-0.2, 0) is 6.54 Å². The molecule has 0 bridgehead atoms. The van der Waals surface area contributed by atoms with Crippen molar-refractivity contribution in [2.45, 2.75) is 20.4 Å². The number of nitrogens with zero attached hydrogens (tertiary/aromatic N) is 3. The second-order valence-corrected chi connectivity index (χ2v) is 3.80. The molecule has 0 amide bonds. The Bertz CT molecular complexity index is 499. The van der Waals surface area contributed by atoms with Crippen LogP contribution in [-0.4, -0.2) is 21.6 Å². The van der Waals surface area contributed by atoms with Gasteiger partial charge in [0.1, 0.15) is 5.82 Å². The molecule has 2 aromatic heterocycles. The van der Waals surface area contributed by atoms with Crippen molar-refractivity contribution in [3.63, 3.8) is 0 Å². The zero-order valence-corrected chi connectivity index (χ0v) is 10.6. The third kappa shape index (κ3) is 3.41. The molecular formula is C13H16N4O. The molecule has 2 rings (SSSR count). The largest absolute Gasteiger partial charge is 0.478 e. The van der Waals surface area contributed by atoms with Crippen molar-refractivity contribution in [1.82, 2.24) is 15.0 Å².